The fraction of sp³-hybridized carbons (Fsp3) is 0.462. The van der Waals surface area contributed by atoms with Crippen LogP contribution >= 0.6 is 0 Å². The summed E-state index contributed by atoms with van der Waals surface area (Å²) in [5, 5.41) is 18.8. The van der Waals surface area contributed by atoms with Crippen LogP contribution in [-0.2, 0) is 14.8 Å². The number of benzene rings is 1. The maximum absolute atomic E-state index is 12.3. The van der Waals surface area contributed by atoms with Crippen LogP contribution in [0.5, 0.6) is 5.75 Å². The highest BCUT2D eigenvalue weighted by molar-refractivity contribution is 7.89. The van der Waals surface area contributed by atoms with Gasteiger partial charge in [0.1, 0.15) is 11.3 Å². The topological polar surface area (TPSA) is 104 Å². The van der Waals surface area contributed by atoms with Crippen molar-refractivity contribution >= 4 is 16.0 Å². The second-order valence-electron chi connectivity index (χ2n) is 4.63. The number of aliphatic hydroxyl groups is 1. The van der Waals surface area contributed by atoms with Crippen molar-refractivity contribution in [2.24, 2.45) is 0 Å². The van der Waals surface area contributed by atoms with Crippen LogP contribution in [0.25, 0.3) is 0 Å². The van der Waals surface area contributed by atoms with Crippen LogP contribution in [0.4, 0.5) is 0 Å². The molecule has 0 saturated heterocycles. The molecule has 1 aromatic rings. The average molecular weight is 317 g/mol. The fourth-order valence-electron chi connectivity index (χ4n) is 1.62. The molecule has 0 saturated carbocycles. The number of hydrogen-bond acceptors (Lipinski definition) is 6. The summed E-state index contributed by atoms with van der Waals surface area (Å²) in [7, 11) is -1.30. The molecule has 0 heterocycles. The van der Waals surface area contributed by atoms with E-state index in [4.69, 9.17) is 0 Å². The Bertz CT molecular complexity index is 611. The van der Waals surface area contributed by atoms with Crippen LogP contribution in [0.3, 0.4) is 0 Å². The van der Waals surface area contributed by atoms with Gasteiger partial charge in [0.25, 0.3) is 0 Å². The van der Waals surface area contributed by atoms with Gasteiger partial charge >= 0.3 is 5.97 Å². The highest BCUT2D eigenvalue weighted by Crippen LogP contribution is 2.24. The van der Waals surface area contributed by atoms with Crippen molar-refractivity contribution < 1.29 is 28.2 Å². The normalized spacial score (nSPS) is 13.2. The standard InChI is InChI=1S/C13H19NO6S/c1-9(15)6-7-14(2)21(18,19)10-4-5-12(16)11(8-10)13(17)20-3/h4-5,8-9,15-16H,6-7H2,1-3H3. The van der Waals surface area contributed by atoms with E-state index in [2.05, 4.69) is 4.74 Å². The summed E-state index contributed by atoms with van der Waals surface area (Å²) in [4.78, 5) is 11.3. The molecule has 0 amide bonds. The number of hydrogen-bond donors (Lipinski definition) is 2. The number of esters is 1. The third-order valence-electron chi connectivity index (χ3n) is 2.94. The van der Waals surface area contributed by atoms with E-state index in [1.165, 1.54) is 13.1 Å². The predicted molar refractivity (Wildman–Crippen MR) is 75.6 cm³/mol. The lowest BCUT2D eigenvalue weighted by atomic mass is 10.2. The molecule has 2 N–H and O–H groups in total. The van der Waals surface area contributed by atoms with Crippen LogP contribution in [0, 0.1) is 0 Å². The van der Waals surface area contributed by atoms with Crippen molar-refractivity contribution in [2.45, 2.75) is 24.3 Å². The summed E-state index contributed by atoms with van der Waals surface area (Å²) in [5.74, 6) is -1.18. The number of carbonyl (C=O) groups is 1. The molecular weight excluding hydrogens is 298 g/mol. The third-order valence-corrected chi connectivity index (χ3v) is 4.80. The van der Waals surface area contributed by atoms with Crippen molar-refractivity contribution in [2.75, 3.05) is 20.7 Å². The minimum atomic E-state index is -3.81. The first kappa shape index (κ1) is 17.4. The maximum Gasteiger partial charge on any atom is 0.341 e. The highest BCUT2D eigenvalue weighted by Gasteiger charge is 2.23. The third kappa shape index (κ3) is 4.16. The van der Waals surface area contributed by atoms with E-state index >= 15 is 0 Å². The molecule has 0 aliphatic heterocycles. The Kier molecular flexibility index (Phi) is 5.70. The first-order chi connectivity index (χ1) is 9.70. The summed E-state index contributed by atoms with van der Waals surface area (Å²) >= 11 is 0. The van der Waals surface area contributed by atoms with Gasteiger partial charge in [-0.25, -0.2) is 17.5 Å². The number of aliphatic hydroxyl groups excluding tert-OH is 1. The first-order valence-electron chi connectivity index (χ1n) is 6.26. The Balaban J connectivity index is 3.11. The fourth-order valence-corrected chi connectivity index (χ4v) is 2.83. The van der Waals surface area contributed by atoms with Crippen molar-refractivity contribution in [1.82, 2.24) is 4.31 Å². The zero-order valence-corrected chi connectivity index (χ0v) is 12.9. The second kappa shape index (κ2) is 6.88. The Morgan fingerprint density at radius 3 is 2.57 bits per heavy atom. The van der Waals surface area contributed by atoms with E-state index < -0.39 is 22.1 Å². The van der Waals surface area contributed by atoms with Crippen molar-refractivity contribution in [3.05, 3.63) is 23.8 Å². The molecule has 1 unspecified atom stereocenters. The van der Waals surface area contributed by atoms with Crippen LogP contribution < -0.4 is 0 Å². The number of phenolic OH excluding ortho intramolecular Hbond substituents is 1. The molecular formula is C13H19NO6S. The Hall–Kier alpha value is -1.64. The van der Waals surface area contributed by atoms with E-state index in [9.17, 15) is 23.4 Å². The second-order valence-corrected chi connectivity index (χ2v) is 6.68. The van der Waals surface area contributed by atoms with Crippen LogP contribution in [0.2, 0.25) is 0 Å². The molecule has 1 atom stereocenters. The molecule has 0 radical (unpaired) electrons. The minimum absolute atomic E-state index is 0.131. The molecule has 8 heteroatoms. The van der Waals surface area contributed by atoms with Gasteiger partial charge in [-0.05, 0) is 31.5 Å². The maximum atomic E-state index is 12.3. The Morgan fingerprint density at radius 2 is 2.05 bits per heavy atom. The van der Waals surface area contributed by atoms with E-state index in [1.807, 2.05) is 0 Å². The van der Waals surface area contributed by atoms with Gasteiger partial charge < -0.3 is 14.9 Å². The minimum Gasteiger partial charge on any atom is -0.507 e. The average Bonchev–Trinajstić information content (AvgIpc) is 2.43. The van der Waals surface area contributed by atoms with Gasteiger partial charge in [-0.3, -0.25) is 0 Å². The lowest BCUT2D eigenvalue weighted by Gasteiger charge is -2.18. The molecule has 0 aliphatic rings. The monoisotopic (exact) mass is 317 g/mol. The zero-order chi connectivity index (χ0) is 16.2. The van der Waals surface area contributed by atoms with Crippen LogP contribution in [0.1, 0.15) is 23.7 Å². The highest BCUT2D eigenvalue weighted by atomic mass is 32.2. The van der Waals surface area contributed by atoms with Gasteiger partial charge in [-0.1, -0.05) is 0 Å². The van der Waals surface area contributed by atoms with Gasteiger partial charge in [0.05, 0.1) is 18.1 Å². The molecule has 0 aliphatic carbocycles. The first-order valence-corrected chi connectivity index (χ1v) is 7.70. The SMILES string of the molecule is COC(=O)c1cc(S(=O)(=O)N(C)CCC(C)O)ccc1O. The molecule has 0 bridgehead atoms. The molecule has 118 valence electrons. The number of carbonyl (C=O) groups excluding carboxylic acids is 1. The van der Waals surface area contributed by atoms with Crippen molar-refractivity contribution in [3.63, 3.8) is 0 Å². The lowest BCUT2D eigenvalue weighted by Crippen LogP contribution is -2.29. The molecule has 21 heavy (non-hydrogen) atoms. The van der Waals surface area contributed by atoms with Crippen molar-refractivity contribution in [3.8, 4) is 5.75 Å². The summed E-state index contributed by atoms with van der Waals surface area (Å²) in [6, 6.07) is 3.40. The van der Waals surface area contributed by atoms with E-state index in [0.717, 1.165) is 23.5 Å². The summed E-state index contributed by atoms with van der Waals surface area (Å²) in [5.41, 5.74) is -0.220. The van der Waals surface area contributed by atoms with Gasteiger partial charge in [0.15, 0.2) is 0 Å². The number of aromatic hydroxyl groups is 1. The van der Waals surface area contributed by atoms with E-state index in [1.54, 1.807) is 6.92 Å². The Labute approximate surface area is 123 Å². The molecule has 0 aromatic heterocycles. The van der Waals surface area contributed by atoms with Crippen LogP contribution in [0.15, 0.2) is 23.1 Å². The number of phenols is 1. The van der Waals surface area contributed by atoms with E-state index in [0.29, 0.717) is 0 Å². The predicted octanol–water partition coefficient (Wildman–Crippen LogP) is 0.570. The largest absolute Gasteiger partial charge is 0.507 e. The molecule has 1 aromatic carbocycles. The lowest BCUT2D eigenvalue weighted by molar-refractivity contribution is 0.0597. The smallest absolute Gasteiger partial charge is 0.341 e. The van der Waals surface area contributed by atoms with Crippen LogP contribution in [-0.4, -0.2) is 55.7 Å². The number of sulfonamides is 1. The quantitative estimate of drug-likeness (QED) is 0.743. The molecule has 1 rings (SSSR count). The van der Waals surface area contributed by atoms with Crippen molar-refractivity contribution in [1.29, 1.82) is 0 Å². The zero-order valence-electron chi connectivity index (χ0n) is 12.1. The van der Waals surface area contributed by atoms with Gasteiger partial charge in [-0.15, -0.1) is 0 Å². The number of nitrogens with zero attached hydrogens (tertiary/aromatic N) is 1. The van der Waals surface area contributed by atoms with Gasteiger partial charge in [-0.2, -0.15) is 0 Å². The molecule has 0 spiro atoms. The summed E-state index contributed by atoms with van der Waals surface area (Å²) in [6.07, 6.45) is -0.328. The van der Waals surface area contributed by atoms with Gasteiger partial charge in [0.2, 0.25) is 10.0 Å². The van der Waals surface area contributed by atoms with E-state index in [-0.39, 0.29) is 29.2 Å². The number of methoxy groups -OCH3 is 1. The molecule has 7 nitrogen and oxygen atoms in total. The van der Waals surface area contributed by atoms with Gasteiger partial charge in [0, 0.05) is 13.6 Å². The number of rotatable bonds is 6. The Morgan fingerprint density at radius 1 is 1.43 bits per heavy atom. The molecule has 0 fully saturated rings. The summed E-state index contributed by atoms with van der Waals surface area (Å²) < 4.78 is 30.2. The number of ether oxygens (including phenoxy) is 1. The summed E-state index contributed by atoms with van der Waals surface area (Å²) in [6.45, 7) is 1.70.